The number of hydrogen-bond acceptors (Lipinski definition) is 5. The molecule has 2 N–H and O–H groups in total. The number of piperazine rings is 1. The van der Waals surface area contributed by atoms with Crippen LogP contribution in [0.25, 0.3) is 11.1 Å². The van der Waals surface area contributed by atoms with Crippen molar-refractivity contribution in [1.29, 1.82) is 0 Å². The smallest absolute Gasteiger partial charge is 0.280 e. The van der Waals surface area contributed by atoms with Gasteiger partial charge in [-0.3, -0.25) is 25.3 Å². The maximum absolute atomic E-state index is 12.5. The van der Waals surface area contributed by atoms with Crippen LogP contribution >= 0.6 is 11.3 Å². The molecule has 2 heterocycles. The zero-order valence-electron chi connectivity index (χ0n) is 17.3. The molecule has 0 unspecified atom stereocenters. The molecule has 0 radical (unpaired) electrons. The molecule has 0 spiro atoms. The normalized spacial score (nSPS) is 14.3. The van der Waals surface area contributed by atoms with E-state index in [2.05, 4.69) is 44.9 Å². The van der Waals surface area contributed by atoms with Gasteiger partial charge >= 0.3 is 0 Å². The molecule has 1 aliphatic rings. The lowest BCUT2D eigenvalue weighted by atomic mass is 10.1. The Hall–Kier alpha value is -3.16. The van der Waals surface area contributed by atoms with Crippen LogP contribution in [0, 0.1) is 0 Å². The van der Waals surface area contributed by atoms with Crippen molar-refractivity contribution in [3.63, 3.8) is 0 Å². The minimum Gasteiger partial charge on any atom is -0.369 e. The predicted molar refractivity (Wildman–Crippen MR) is 125 cm³/mol. The Morgan fingerprint density at radius 3 is 2.23 bits per heavy atom. The number of nitrogens with zero attached hydrogens (tertiary/aromatic N) is 2. The summed E-state index contributed by atoms with van der Waals surface area (Å²) in [5.41, 5.74) is 8.20. The van der Waals surface area contributed by atoms with Gasteiger partial charge in [0.25, 0.3) is 5.91 Å². The van der Waals surface area contributed by atoms with Crippen LogP contribution in [-0.2, 0) is 4.79 Å². The highest BCUT2D eigenvalue weighted by Crippen LogP contribution is 2.27. The molecule has 0 atom stereocenters. The molecule has 6 nitrogen and oxygen atoms in total. The summed E-state index contributed by atoms with van der Waals surface area (Å²) >= 11 is 1.36. The maximum atomic E-state index is 12.5. The molecule has 2 aromatic carbocycles. The monoisotopic (exact) mass is 434 g/mol. The topological polar surface area (TPSA) is 64.7 Å². The standard InChI is InChI=1S/C24H26N4O2S/c29-22(11-13-27-14-16-28(17-15-27)20-9-5-2-6-10-20)25-26-24(30)23-21(12-18-31-23)19-7-3-1-4-8-19/h1-10,12,18H,11,13-17H2,(H,25,29)(H,26,30). The molecule has 31 heavy (non-hydrogen) atoms. The van der Waals surface area contributed by atoms with Gasteiger partial charge in [0.05, 0.1) is 0 Å². The number of rotatable bonds is 6. The van der Waals surface area contributed by atoms with E-state index in [4.69, 9.17) is 0 Å². The fourth-order valence-electron chi connectivity index (χ4n) is 3.70. The van der Waals surface area contributed by atoms with Crippen LogP contribution in [0.1, 0.15) is 16.1 Å². The van der Waals surface area contributed by atoms with Crippen molar-refractivity contribution in [2.45, 2.75) is 6.42 Å². The van der Waals surface area contributed by atoms with Crippen molar-refractivity contribution in [2.75, 3.05) is 37.6 Å². The van der Waals surface area contributed by atoms with E-state index in [1.807, 2.05) is 47.8 Å². The summed E-state index contributed by atoms with van der Waals surface area (Å²) in [6.45, 7) is 4.42. The van der Waals surface area contributed by atoms with Gasteiger partial charge in [-0.2, -0.15) is 0 Å². The van der Waals surface area contributed by atoms with E-state index in [1.165, 1.54) is 17.0 Å². The van der Waals surface area contributed by atoms with Gasteiger partial charge in [0, 0.05) is 50.4 Å². The maximum Gasteiger partial charge on any atom is 0.280 e. The van der Waals surface area contributed by atoms with Gasteiger partial charge in [0.2, 0.25) is 5.91 Å². The molecule has 1 aromatic heterocycles. The van der Waals surface area contributed by atoms with E-state index < -0.39 is 0 Å². The van der Waals surface area contributed by atoms with E-state index in [-0.39, 0.29) is 11.8 Å². The minimum atomic E-state index is -0.293. The van der Waals surface area contributed by atoms with Gasteiger partial charge in [-0.15, -0.1) is 11.3 Å². The zero-order chi connectivity index (χ0) is 21.5. The van der Waals surface area contributed by atoms with Gasteiger partial charge in [0.15, 0.2) is 0 Å². The largest absolute Gasteiger partial charge is 0.369 e. The third-order valence-electron chi connectivity index (χ3n) is 5.42. The lowest BCUT2D eigenvalue weighted by molar-refractivity contribution is -0.122. The third kappa shape index (κ3) is 5.51. The summed E-state index contributed by atoms with van der Waals surface area (Å²) < 4.78 is 0. The second kappa shape index (κ2) is 10.2. The zero-order valence-corrected chi connectivity index (χ0v) is 18.1. The van der Waals surface area contributed by atoms with E-state index in [9.17, 15) is 9.59 Å². The summed E-state index contributed by atoms with van der Waals surface area (Å²) in [5.74, 6) is -0.477. The van der Waals surface area contributed by atoms with Crippen LogP contribution in [0.4, 0.5) is 5.69 Å². The average molecular weight is 435 g/mol. The quantitative estimate of drug-likeness (QED) is 0.584. The molecule has 0 bridgehead atoms. The predicted octanol–water partition coefficient (Wildman–Crippen LogP) is 3.39. The molecule has 7 heteroatoms. The highest BCUT2D eigenvalue weighted by molar-refractivity contribution is 7.12. The van der Waals surface area contributed by atoms with Gasteiger partial charge in [-0.05, 0) is 29.1 Å². The van der Waals surface area contributed by atoms with E-state index in [1.54, 1.807) is 0 Å². The number of nitrogens with one attached hydrogen (secondary N) is 2. The molecule has 4 rings (SSSR count). The average Bonchev–Trinajstić information content (AvgIpc) is 3.33. The highest BCUT2D eigenvalue weighted by Gasteiger charge is 2.18. The number of carbonyl (C=O) groups excluding carboxylic acids is 2. The Morgan fingerprint density at radius 1 is 0.839 bits per heavy atom. The summed E-state index contributed by atoms with van der Waals surface area (Å²) in [4.78, 5) is 30.0. The summed E-state index contributed by atoms with van der Waals surface area (Å²) in [6.07, 6.45) is 0.349. The fourth-order valence-corrected chi connectivity index (χ4v) is 4.52. The summed E-state index contributed by atoms with van der Waals surface area (Å²) in [6, 6.07) is 22.1. The van der Waals surface area contributed by atoms with Crippen LogP contribution in [0.2, 0.25) is 0 Å². The van der Waals surface area contributed by atoms with Gasteiger partial charge in [-0.25, -0.2) is 0 Å². The Labute approximate surface area is 186 Å². The van der Waals surface area contributed by atoms with Crippen molar-refractivity contribution in [1.82, 2.24) is 15.8 Å². The number of hydrogen-bond donors (Lipinski definition) is 2. The van der Waals surface area contributed by atoms with Gasteiger partial charge in [0.1, 0.15) is 4.88 Å². The highest BCUT2D eigenvalue weighted by atomic mass is 32.1. The number of carbonyl (C=O) groups is 2. The van der Waals surface area contributed by atoms with Crippen LogP contribution in [0.3, 0.4) is 0 Å². The summed E-state index contributed by atoms with van der Waals surface area (Å²) in [7, 11) is 0. The van der Waals surface area contributed by atoms with Crippen molar-refractivity contribution < 1.29 is 9.59 Å². The first-order chi connectivity index (χ1) is 15.2. The second-order valence-corrected chi connectivity index (χ2v) is 8.36. The van der Waals surface area contributed by atoms with E-state index >= 15 is 0 Å². The number of anilines is 1. The van der Waals surface area contributed by atoms with Crippen molar-refractivity contribution in [3.8, 4) is 11.1 Å². The minimum absolute atomic E-state index is 0.184. The molecule has 1 aliphatic heterocycles. The second-order valence-electron chi connectivity index (χ2n) is 7.45. The number of amides is 2. The van der Waals surface area contributed by atoms with E-state index in [0.717, 1.165) is 37.3 Å². The molecule has 2 amide bonds. The van der Waals surface area contributed by atoms with Crippen LogP contribution in [0.15, 0.2) is 72.1 Å². The van der Waals surface area contributed by atoms with Crippen LogP contribution in [0.5, 0.6) is 0 Å². The van der Waals surface area contributed by atoms with Crippen molar-refractivity contribution in [3.05, 3.63) is 77.0 Å². The third-order valence-corrected chi connectivity index (χ3v) is 6.33. The molecule has 0 saturated carbocycles. The first kappa shape index (κ1) is 21.1. The molecular formula is C24H26N4O2S. The molecule has 3 aromatic rings. The Balaban J connectivity index is 1.20. The molecule has 1 saturated heterocycles. The number of hydrazine groups is 1. The van der Waals surface area contributed by atoms with Crippen LogP contribution < -0.4 is 15.8 Å². The van der Waals surface area contributed by atoms with E-state index in [0.29, 0.717) is 17.8 Å². The first-order valence-corrected chi connectivity index (χ1v) is 11.3. The first-order valence-electron chi connectivity index (χ1n) is 10.4. The van der Waals surface area contributed by atoms with Gasteiger partial charge in [-0.1, -0.05) is 48.5 Å². The lowest BCUT2D eigenvalue weighted by Crippen LogP contribution is -2.48. The summed E-state index contributed by atoms with van der Waals surface area (Å²) in [5, 5.41) is 1.88. The molecule has 0 aliphatic carbocycles. The number of thiophene rings is 1. The number of benzene rings is 2. The Bertz CT molecular complexity index is 999. The SMILES string of the molecule is O=C(CCN1CCN(c2ccccc2)CC1)NNC(=O)c1sccc1-c1ccccc1. The van der Waals surface area contributed by atoms with Crippen LogP contribution in [-0.4, -0.2) is 49.4 Å². The Morgan fingerprint density at radius 2 is 1.52 bits per heavy atom. The lowest BCUT2D eigenvalue weighted by Gasteiger charge is -2.36. The Kier molecular flexibility index (Phi) is 6.96. The molecule has 160 valence electrons. The fraction of sp³-hybridized carbons (Fsp3) is 0.250. The number of para-hydroxylation sites is 1. The molecule has 1 fully saturated rings. The van der Waals surface area contributed by atoms with Crippen molar-refractivity contribution in [2.24, 2.45) is 0 Å². The molecular weight excluding hydrogens is 408 g/mol. The van der Waals surface area contributed by atoms with Crippen molar-refractivity contribution >= 4 is 28.8 Å². The van der Waals surface area contributed by atoms with Gasteiger partial charge < -0.3 is 4.90 Å².